The van der Waals surface area contributed by atoms with Gasteiger partial charge in [-0.25, -0.2) is 13.2 Å². The summed E-state index contributed by atoms with van der Waals surface area (Å²) in [5.41, 5.74) is 0.260. The lowest BCUT2D eigenvalue weighted by Crippen LogP contribution is -2.50. The van der Waals surface area contributed by atoms with Crippen LogP contribution in [-0.4, -0.2) is 68.8 Å². The van der Waals surface area contributed by atoms with Gasteiger partial charge in [0.2, 0.25) is 0 Å². The molecular formula is C21H29NO6S2. The van der Waals surface area contributed by atoms with Gasteiger partial charge in [0, 0.05) is 17.0 Å². The van der Waals surface area contributed by atoms with Crippen molar-refractivity contribution in [3.05, 3.63) is 23.8 Å². The van der Waals surface area contributed by atoms with Crippen molar-refractivity contribution < 1.29 is 27.5 Å². The monoisotopic (exact) mass is 455 g/mol. The Morgan fingerprint density at radius 1 is 1.13 bits per heavy atom. The van der Waals surface area contributed by atoms with E-state index in [0.717, 1.165) is 37.0 Å². The highest BCUT2D eigenvalue weighted by Gasteiger charge is 2.38. The molecule has 1 heterocycles. The van der Waals surface area contributed by atoms with Crippen molar-refractivity contribution in [3.8, 4) is 5.75 Å². The molecule has 9 heteroatoms. The lowest BCUT2D eigenvalue weighted by Gasteiger charge is -2.38. The Bertz CT molecular complexity index is 879. The van der Waals surface area contributed by atoms with Crippen molar-refractivity contribution in [3.63, 3.8) is 0 Å². The smallest absolute Gasteiger partial charge is 0.342 e. The summed E-state index contributed by atoms with van der Waals surface area (Å²) in [6.07, 6.45) is 7.26. The first kappa shape index (κ1) is 22.9. The molecule has 1 amide bonds. The van der Waals surface area contributed by atoms with Gasteiger partial charge < -0.3 is 14.4 Å². The van der Waals surface area contributed by atoms with Crippen LogP contribution in [0.15, 0.2) is 23.1 Å². The number of benzene rings is 1. The fourth-order valence-corrected chi connectivity index (χ4v) is 6.45. The second-order valence-corrected chi connectivity index (χ2v) is 10.9. The number of esters is 1. The summed E-state index contributed by atoms with van der Waals surface area (Å²) in [7, 11) is -1.64. The van der Waals surface area contributed by atoms with Crippen molar-refractivity contribution in [1.29, 1.82) is 0 Å². The number of ether oxygens (including phenoxy) is 2. The summed E-state index contributed by atoms with van der Waals surface area (Å²) in [4.78, 5) is 28.3. The topological polar surface area (TPSA) is 90.0 Å². The van der Waals surface area contributed by atoms with Crippen molar-refractivity contribution in [1.82, 2.24) is 4.90 Å². The van der Waals surface area contributed by atoms with Crippen LogP contribution in [-0.2, 0) is 19.4 Å². The van der Waals surface area contributed by atoms with E-state index in [-0.39, 0.29) is 35.1 Å². The van der Waals surface area contributed by atoms with Crippen molar-refractivity contribution >= 4 is 33.5 Å². The van der Waals surface area contributed by atoms with Crippen LogP contribution in [0.1, 0.15) is 48.9 Å². The third kappa shape index (κ3) is 5.49. The maximum atomic E-state index is 13.1. The largest absolute Gasteiger partial charge is 0.496 e. The molecule has 0 aromatic heterocycles. The number of amides is 1. The Hall–Kier alpha value is -1.74. The molecule has 3 rings (SSSR count). The minimum absolute atomic E-state index is 0.00679. The summed E-state index contributed by atoms with van der Waals surface area (Å²) in [6, 6.07) is 4.85. The maximum absolute atomic E-state index is 13.1. The first-order valence-electron chi connectivity index (χ1n) is 10.3. The molecule has 2 fully saturated rings. The first-order valence-corrected chi connectivity index (χ1v) is 13.3. The highest BCUT2D eigenvalue weighted by atomic mass is 32.2. The molecule has 1 saturated carbocycles. The van der Waals surface area contributed by atoms with E-state index in [4.69, 9.17) is 9.47 Å². The van der Waals surface area contributed by atoms with Gasteiger partial charge in [-0.05, 0) is 43.7 Å². The summed E-state index contributed by atoms with van der Waals surface area (Å²) in [5, 5.41) is 0. The minimum atomic E-state index is -3.12. The second-order valence-electron chi connectivity index (χ2n) is 7.79. The van der Waals surface area contributed by atoms with Gasteiger partial charge in [0.25, 0.3) is 5.91 Å². The van der Waals surface area contributed by atoms with Crippen molar-refractivity contribution in [2.75, 3.05) is 31.5 Å². The van der Waals surface area contributed by atoms with E-state index in [2.05, 4.69) is 0 Å². The molecule has 1 atom stereocenters. The van der Waals surface area contributed by atoms with E-state index in [1.54, 1.807) is 23.1 Å². The van der Waals surface area contributed by atoms with Crippen LogP contribution >= 0.6 is 11.8 Å². The van der Waals surface area contributed by atoms with E-state index in [9.17, 15) is 18.0 Å². The molecular weight excluding hydrogens is 426 g/mol. The fourth-order valence-electron chi connectivity index (χ4n) is 4.31. The molecule has 1 aliphatic heterocycles. The predicted molar refractivity (Wildman–Crippen MR) is 116 cm³/mol. The van der Waals surface area contributed by atoms with Gasteiger partial charge in [-0.15, -0.1) is 11.8 Å². The Morgan fingerprint density at radius 2 is 1.87 bits per heavy atom. The lowest BCUT2D eigenvalue weighted by molar-refractivity contribution is -0.140. The highest BCUT2D eigenvalue weighted by Crippen LogP contribution is 2.29. The van der Waals surface area contributed by atoms with Crippen LogP contribution in [0.5, 0.6) is 5.75 Å². The van der Waals surface area contributed by atoms with Gasteiger partial charge in [-0.3, -0.25) is 4.79 Å². The summed E-state index contributed by atoms with van der Waals surface area (Å²) in [6.45, 7) is -0.403. The molecule has 1 aromatic rings. The zero-order valence-electron chi connectivity index (χ0n) is 17.5. The van der Waals surface area contributed by atoms with E-state index in [0.29, 0.717) is 12.2 Å². The lowest BCUT2D eigenvalue weighted by atomic mass is 9.93. The van der Waals surface area contributed by atoms with Gasteiger partial charge in [0.1, 0.15) is 11.3 Å². The SMILES string of the molecule is COc1cc(SC)ccc1C(=O)OCC(=O)N(C1CCCCC1)[C@H]1CCS(=O)(=O)C1. The number of methoxy groups -OCH3 is 1. The number of hydrogen-bond donors (Lipinski definition) is 0. The average molecular weight is 456 g/mol. The minimum Gasteiger partial charge on any atom is -0.496 e. The molecule has 2 aliphatic rings. The van der Waals surface area contributed by atoms with E-state index < -0.39 is 22.4 Å². The quantitative estimate of drug-likeness (QED) is 0.461. The number of carbonyl (C=O) groups is 2. The van der Waals surface area contributed by atoms with Crippen molar-refractivity contribution in [2.24, 2.45) is 0 Å². The number of thioether (sulfide) groups is 1. The zero-order chi connectivity index (χ0) is 21.7. The normalized spacial score (nSPS) is 21.2. The van der Waals surface area contributed by atoms with Gasteiger partial charge in [-0.1, -0.05) is 19.3 Å². The second kappa shape index (κ2) is 10.0. The standard InChI is InChI=1S/C21H29NO6S2/c1-27-19-12-17(29-2)8-9-18(19)21(24)28-13-20(23)22(15-6-4-3-5-7-15)16-10-11-30(25,26)14-16/h8-9,12,15-16H,3-7,10-11,13-14H2,1-2H3/t16-/m0/s1. The van der Waals surface area contributed by atoms with Crippen LogP contribution < -0.4 is 4.74 Å². The van der Waals surface area contributed by atoms with Crippen LogP contribution in [0.25, 0.3) is 0 Å². The summed E-state index contributed by atoms with van der Waals surface area (Å²) in [5.74, 6) is -0.460. The molecule has 1 aromatic carbocycles. The van der Waals surface area contributed by atoms with Gasteiger partial charge in [0.15, 0.2) is 16.4 Å². The van der Waals surface area contributed by atoms with E-state index in [1.165, 1.54) is 18.9 Å². The maximum Gasteiger partial charge on any atom is 0.342 e. The Balaban J connectivity index is 1.70. The Morgan fingerprint density at radius 3 is 2.47 bits per heavy atom. The number of sulfone groups is 1. The van der Waals surface area contributed by atoms with Crippen LogP contribution in [0.4, 0.5) is 0 Å². The summed E-state index contributed by atoms with van der Waals surface area (Å²) < 4.78 is 34.6. The molecule has 166 valence electrons. The third-order valence-electron chi connectivity index (χ3n) is 5.81. The van der Waals surface area contributed by atoms with Gasteiger partial charge in [-0.2, -0.15) is 0 Å². The molecule has 1 aliphatic carbocycles. The molecule has 1 saturated heterocycles. The van der Waals surface area contributed by atoms with E-state index in [1.807, 2.05) is 6.26 Å². The summed E-state index contributed by atoms with van der Waals surface area (Å²) >= 11 is 1.53. The highest BCUT2D eigenvalue weighted by molar-refractivity contribution is 7.98. The molecule has 0 N–H and O–H groups in total. The molecule has 0 radical (unpaired) electrons. The zero-order valence-corrected chi connectivity index (χ0v) is 19.1. The molecule has 0 bridgehead atoms. The predicted octanol–water partition coefficient (Wildman–Crippen LogP) is 2.92. The average Bonchev–Trinajstić information content (AvgIpc) is 3.11. The number of hydrogen-bond acceptors (Lipinski definition) is 7. The molecule has 7 nitrogen and oxygen atoms in total. The van der Waals surface area contributed by atoms with Gasteiger partial charge in [0.05, 0.1) is 18.6 Å². The fraction of sp³-hybridized carbons (Fsp3) is 0.619. The first-order chi connectivity index (χ1) is 14.3. The van der Waals surface area contributed by atoms with Crippen LogP contribution in [0.2, 0.25) is 0 Å². The molecule has 0 unspecified atom stereocenters. The Kier molecular flexibility index (Phi) is 7.68. The van der Waals surface area contributed by atoms with E-state index >= 15 is 0 Å². The number of rotatable bonds is 7. The van der Waals surface area contributed by atoms with Crippen LogP contribution in [0.3, 0.4) is 0 Å². The Labute approximate surface area is 182 Å². The molecule has 30 heavy (non-hydrogen) atoms. The molecule has 0 spiro atoms. The van der Waals surface area contributed by atoms with Crippen LogP contribution in [0, 0.1) is 0 Å². The number of carbonyl (C=O) groups excluding carboxylic acids is 2. The van der Waals surface area contributed by atoms with Gasteiger partial charge >= 0.3 is 5.97 Å². The van der Waals surface area contributed by atoms with Crippen molar-refractivity contribution in [2.45, 2.75) is 55.5 Å². The number of nitrogens with zero attached hydrogens (tertiary/aromatic N) is 1. The third-order valence-corrected chi connectivity index (χ3v) is 8.29.